The van der Waals surface area contributed by atoms with Gasteiger partial charge in [-0.15, -0.1) is 0 Å². The van der Waals surface area contributed by atoms with Gasteiger partial charge in [-0.2, -0.15) is 4.98 Å². The minimum absolute atomic E-state index is 0.111. The summed E-state index contributed by atoms with van der Waals surface area (Å²) in [5.74, 6) is 2.04. The number of hydrogen-bond acceptors (Lipinski definition) is 4. The molecule has 2 fully saturated rings. The lowest BCUT2D eigenvalue weighted by Gasteiger charge is -2.23. The first-order chi connectivity index (χ1) is 14.8. The second kappa shape index (κ2) is 8.83. The van der Waals surface area contributed by atoms with E-state index in [4.69, 9.17) is 9.47 Å². The van der Waals surface area contributed by atoms with Crippen molar-refractivity contribution in [2.24, 2.45) is 0 Å². The first-order valence-electron chi connectivity index (χ1n) is 11.8. The lowest BCUT2D eigenvalue weighted by Crippen LogP contribution is -2.24. The van der Waals surface area contributed by atoms with E-state index in [1.807, 2.05) is 0 Å². The number of fused-ring (bicyclic) bond motifs is 1. The van der Waals surface area contributed by atoms with Crippen LogP contribution in [0.25, 0.3) is 0 Å². The average molecular weight is 409 g/mol. The van der Waals surface area contributed by atoms with Gasteiger partial charge in [0.25, 0.3) is 11.6 Å². The van der Waals surface area contributed by atoms with Crippen molar-refractivity contribution in [2.75, 3.05) is 6.61 Å². The Bertz CT molecular complexity index is 909. The Morgan fingerprint density at radius 2 is 1.60 bits per heavy atom. The summed E-state index contributed by atoms with van der Waals surface area (Å²) in [5, 5.41) is 0. The molecule has 0 spiro atoms. The van der Waals surface area contributed by atoms with Crippen molar-refractivity contribution in [3.05, 3.63) is 51.9 Å². The maximum Gasteiger partial charge on any atom is 0.300 e. The van der Waals surface area contributed by atoms with E-state index in [9.17, 15) is 4.79 Å². The molecular weight excluding hydrogens is 376 g/mol. The lowest BCUT2D eigenvalue weighted by molar-refractivity contribution is 0.143. The van der Waals surface area contributed by atoms with E-state index in [1.165, 1.54) is 56.9 Å². The van der Waals surface area contributed by atoms with Crippen LogP contribution < -0.4 is 15.0 Å². The van der Waals surface area contributed by atoms with Crippen molar-refractivity contribution in [3.8, 4) is 11.8 Å². The summed E-state index contributed by atoms with van der Waals surface area (Å²) in [5.41, 5.74) is 2.34. The monoisotopic (exact) mass is 408 g/mol. The van der Waals surface area contributed by atoms with E-state index >= 15 is 0 Å². The minimum atomic E-state index is -0.193. The maximum absolute atomic E-state index is 12.1. The van der Waals surface area contributed by atoms with Gasteiger partial charge in [0, 0.05) is 11.8 Å². The van der Waals surface area contributed by atoms with E-state index in [1.54, 1.807) is 6.07 Å². The first kappa shape index (κ1) is 19.7. The van der Waals surface area contributed by atoms with Gasteiger partial charge in [-0.05, 0) is 55.2 Å². The van der Waals surface area contributed by atoms with Gasteiger partial charge in [0.2, 0.25) is 0 Å². The summed E-state index contributed by atoms with van der Waals surface area (Å²) in [4.78, 5) is 16.2. The Hall–Kier alpha value is -2.30. The summed E-state index contributed by atoms with van der Waals surface area (Å²) in [6.07, 6.45) is 12.7. The summed E-state index contributed by atoms with van der Waals surface area (Å²) >= 11 is 0. The van der Waals surface area contributed by atoms with Crippen LogP contribution >= 0.6 is 0 Å². The number of rotatable bonds is 5. The van der Waals surface area contributed by atoms with E-state index in [0.717, 1.165) is 24.3 Å². The van der Waals surface area contributed by atoms with Crippen molar-refractivity contribution < 1.29 is 9.47 Å². The summed E-state index contributed by atoms with van der Waals surface area (Å²) in [6, 6.07) is 10.8. The molecule has 160 valence electrons. The van der Waals surface area contributed by atoms with Crippen LogP contribution in [0.3, 0.4) is 0 Å². The second-order valence-electron chi connectivity index (χ2n) is 9.20. The number of aromatic nitrogens is 2. The molecule has 2 heterocycles. The molecule has 2 aliphatic carbocycles. The first-order valence-corrected chi connectivity index (χ1v) is 11.8. The standard InChI is InChI=1S/C25H32N2O3/c28-24-15-23(20-9-5-2-6-10-20)27-16-22(30-25(27)26-24)17-29-21-13-11-19(12-14-21)18-7-3-1-4-8-18/h11-15,18,20,22H,1-10,16-17H2. The highest BCUT2D eigenvalue weighted by molar-refractivity contribution is 5.30. The third kappa shape index (κ3) is 4.26. The zero-order valence-corrected chi connectivity index (χ0v) is 17.7. The molecule has 5 nitrogen and oxygen atoms in total. The van der Waals surface area contributed by atoms with Crippen LogP contribution in [0.2, 0.25) is 0 Å². The molecule has 1 aliphatic heterocycles. The zero-order chi connectivity index (χ0) is 20.3. The van der Waals surface area contributed by atoms with Crippen molar-refractivity contribution in [1.29, 1.82) is 0 Å². The van der Waals surface area contributed by atoms with E-state index in [-0.39, 0.29) is 11.7 Å². The molecule has 1 atom stereocenters. The van der Waals surface area contributed by atoms with E-state index in [2.05, 4.69) is 33.8 Å². The molecule has 2 saturated carbocycles. The molecule has 0 amide bonds. The quantitative estimate of drug-likeness (QED) is 0.684. The summed E-state index contributed by atoms with van der Waals surface area (Å²) < 4.78 is 14.1. The van der Waals surface area contributed by atoms with Crippen molar-refractivity contribution in [1.82, 2.24) is 9.55 Å². The molecule has 1 aromatic carbocycles. The fourth-order valence-corrected chi connectivity index (χ4v) is 5.45. The van der Waals surface area contributed by atoms with Gasteiger partial charge in [-0.25, -0.2) is 0 Å². The Balaban J connectivity index is 1.22. The predicted octanol–water partition coefficient (Wildman–Crippen LogP) is 5.18. The lowest BCUT2D eigenvalue weighted by atomic mass is 9.84. The predicted molar refractivity (Wildman–Crippen MR) is 117 cm³/mol. The number of hydrogen-bond donors (Lipinski definition) is 0. The maximum atomic E-state index is 12.1. The average Bonchev–Trinajstić information content (AvgIpc) is 3.21. The fourth-order valence-electron chi connectivity index (χ4n) is 5.45. The van der Waals surface area contributed by atoms with Gasteiger partial charge in [-0.3, -0.25) is 9.36 Å². The SMILES string of the molecule is O=c1cc(C2CCCCC2)n2c(n1)OC(COc1ccc(C3CCCCC3)cc1)C2. The Morgan fingerprint density at radius 3 is 2.30 bits per heavy atom. The molecule has 0 N–H and O–H groups in total. The van der Waals surface area contributed by atoms with Crippen LogP contribution in [0, 0.1) is 0 Å². The van der Waals surface area contributed by atoms with E-state index in [0.29, 0.717) is 31.0 Å². The molecule has 1 aromatic heterocycles. The largest absolute Gasteiger partial charge is 0.490 e. The van der Waals surface area contributed by atoms with Crippen LogP contribution in [0.15, 0.2) is 35.1 Å². The van der Waals surface area contributed by atoms with Crippen molar-refractivity contribution in [2.45, 2.75) is 88.7 Å². The second-order valence-corrected chi connectivity index (χ2v) is 9.20. The Morgan fingerprint density at radius 1 is 0.933 bits per heavy atom. The molecular formula is C25H32N2O3. The van der Waals surface area contributed by atoms with Crippen LogP contribution in [0.5, 0.6) is 11.8 Å². The Kier molecular flexibility index (Phi) is 5.78. The van der Waals surface area contributed by atoms with Crippen molar-refractivity contribution >= 4 is 0 Å². The highest BCUT2D eigenvalue weighted by Crippen LogP contribution is 2.35. The fraction of sp³-hybridized carbons (Fsp3) is 0.600. The van der Waals surface area contributed by atoms with Gasteiger partial charge in [0.15, 0.2) is 6.10 Å². The number of ether oxygens (including phenoxy) is 2. The third-order valence-electron chi connectivity index (χ3n) is 7.09. The Labute approximate surface area is 178 Å². The smallest absolute Gasteiger partial charge is 0.300 e. The third-order valence-corrected chi connectivity index (χ3v) is 7.09. The minimum Gasteiger partial charge on any atom is -0.490 e. The molecule has 30 heavy (non-hydrogen) atoms. The van der Waals surface area contributed by atoms with Crippen LogP contribution in [-0.2, 0) is 6.54 Å². The summed E-state index contributed by atoms with van der Waals surface area (Å²) in [6.45, 7) is 1.17. The molecule has 2 aromatic rings. The molecule has 1 unspecified atom stereocenters. The van der Waals surface area contributed by atoms with Crippen LogP contribution in [0.1, 0.15) is 87.3 Å². The van der Waals surface area contributed by atoms with Gasteiger partial charge >= 0.3 is 0 Å². The van der Waals surface area contributed by atoms with Gasteiger partial charge in [-0.1, -0.05) is 50.7 Å². The number of benzene rings is 1. The van der Waals surface area contributed by atoms with Crippen LogP contribution in [0.4, 0.5) is 0 Å². The molecule has 5 rings (SSSR count). The molecule has 5 heteroatoms. The topological polar surface area (TPSA) is 53.4 Å². The molecule has 3 aliphatic rings. The molecule has 0 bridgehead atoms. The van der Waals surface area contributed by atoms with Gasteiger partial charge in [0.1, 0.15) is 12.4 Å². The molecule has 0 saturated heterocycles. The van der Waals surface area contributed by atoms with Gasteiger partial charge in [0.05, 0.1) is 6.54 Å². The zero-order valence-electron chi connectivity index (χ0n) is 17.7. The van der Waals surface area contributed by atoms with E-state index < -0.39 is 0 Å². The normalized spacial score (nSPS) is 22.5. The highest BCUT2D eigenvalue weighted by atomic mass is 16.6. The summed E-state index contributed by atoms with van der Waals surface area (Å²) in [7, 11) is 0. The molecule has 0 radical (unpaired) electrons. The van der Waals surface area contributed by atoms with Crippen LogP contribution in [-0.4, -0.2) is 22.3 Å². The highest BCUT2D eigenvalue weighted by Gasteiger charge is 2.29. The van der Waals surface area contributed by atoms with Gasteiger partial charge < -0.3 is 9.47 Å². The van der Waals surface area contributed by atoms with Crippen molar-refractivity contribution in [3.63, 3.8) is 0 Å². The number of nitrogens with zero attached hydrogens (tertiary/aromatic N) is 2.